The van der Waals surface area contributed by atoms with Gasteiger partial charge in [-0.1, -0.05) is 45.9 Å². The highest BCUT2D eigenvalue weighted by Gasteiger charge is 2.65. The van der Waals surface area contributed by atoms with Crippen LogP contribution in [0.2, 0.25) is 0 Å². The van der Waals surface area contributed by atoms with Crippen LogP contribution in [0.3, 0.4) is 0 Å². The number of rotatable bonds is 4. The lowest BCUT2D eigenvalue weighted by atomic mass is 9.50. The van der Waals surface area contributed by atoms with Gasteiger partial charge in [-0.15, -0.1) is 6.58 Å². The van der Waals surface area contributed by atoms with Gasteiger partial charge >= 0.3 is 0 Å². The van der Waals surface area contributed by atoms with Gasteiger partial charge in [0.15, 0.2) is 0 Å². The van der Waals surface area contributed by atoms with E-state index >= 15 is 0 Å². The van der Waals surface area contributed by atoms with Crippen molar-refractivity contribution >= 4 is 16.6 Å². The fourth-order valence-corrected chi connectivity index (χ4v) is 7.10. The molecular weight excluding hydrogens is 408 g/mol. The van der Waals surface area contributed by atoms with Crippen LogP contribution >= 0.6 is 0 Å². The Morgan fingerprint density at radius 1 is 1.33 bits per heavy atom. The van der Waals surface area contributed by atoms with Crippen LogP contribution in [0.25, 0.3) is 16.6 Å². The first-order valence-electron chi connectivity index (χ1n) is 12.0. The number of hydrogen-bond acceptors (Lipinski definition) is 4. The quantitative estimate of drug-likeness (QED) is 0.639. The molecule has 3 aliphatic rings. The van der Waals surface area contributed by atoms with E-state index < -0.39 is 5.60 Å². The van der Waals surface area contributed by atoms with Crippen LogP contribution < -0.4 is 0 Å². The van der Waals surface area contributed by atoms with E-state index in [4.69, 9.17) is 9.72 Å². The van der Waals surface area contributed by atoms with Gasteiger partial charge in [-0.25, -0.2) is 0 Å². The Morgan fingerprint density at radius 3 is 2.70 bits per heavy atom. The van der Waals surface area contributed by atoms with E-state index in [0.717, 1.165) is 10.9 Å². The van der Waals surface area contributed by atoms with Crippen LogP contribution in [0.1, 0.15) is 57.2 Å². The summed E-state index contributed by atoms with van der Waals surface area (Å²) in [4.78, 5) is 7.29. The third-order valence-corrected chi connectivity index (χ3v) is 8.31. The zero-order chi connectivity index (χ0) is 23.9. The van der Waals surface area contributed by atoms with Crippen LogP contribution in [0.4, 0.5) is 0 Å². The summed E-state index contributed by atoms with van der Waals surface area (Å²) in [5.41, 5.74) is 7.59. The lowest BCUT2D eigenvalue weighted by molar-refractivity contribution is -0.174. The van der Waals surface area contributed by atoms with Gasteiger partial charge in [0.25, 0.3) is 0 Å². The molecule has 1 aliphatic heterocycles. The molecule has 4 nitrogen and oxygen atoms in total. The fraction of sp³-hybridized carbons (Fsp3) is 0.483. The van der Waals surface area contributed by atoms with Crippen molar-refractivity contribution in [2.24, 2.45) is 11.8 Å². The lowest BCUT2D eigenvalue weighted by Crippen LogP contribution is -2.71. The second kappa shape index (κ2) is 7.28. The lowest BCUT2D eigenvalue weighted by Gasteiger charge is -2.64. The molecule has 0 bridgehead atoms. The number of aromatic nitrogens is 1. The Labute approximate surface area is 197 Å². The minimum absolute atomic E-state index is 0.0493. The van der Waals surface area contributed by atoms with Crippen molar-refractivity contribution in [2.45, 2.75) is 57.6 Å². The summed E-state index contributed by atoms with van der Waals surface area (Å²) in [5, 5.41) is 13.0. The van der Waals surface area contributed by atoms with Crippen LogP contribution in [-0.2, 0) is 10.2 Å². The van der Waals surface area contributed by atoms with Crippen LogP contribution in [0.15, 0.2) is 54.3 Å². The van der Waals surface area contributed by atoms with Crippen molar-refractivity contribution in [1.82, 2.24) is 9.88 Å². The molecule has 4 atom stereocenters. The van der Waals surface area contributed by atoms with Crippen molar-refractivity contribution in [2.75, 3.05) is 20.8 Å². The third kappa shape index (κ3) is 2.74. The maximum Gasteiger partial charge on any atom is 0.105 e. The molecule has 1 saturated carbocycles. The first-order valence-corrected chi connectivity index (χ1v) is 12.0. The van der Waals surface area contributed by atoms with Crippen molar-refractivity contribution < 1.29 is 9.84 Å². The van der Waals surface area contributed by atoms with Gasteiger partial charge in [0.1, 0.15) is 5.60 Å². The minimum Gasteiger partial charge on any atom is -0.386 e. The molecule has 33 heavy (non-hydrogen) atoms. The molecule has 0 radical (unpaired) electrons. The highest BCUT2D eigenvalue weighted by molar-refractivity contribution is 5.95. The zero-order valence-electron chi connectivity index (χ0n) is 20.9. The van der Waals surface area contributed by atoms with Gasteiger partial charge < -0.3 is 14.7 Å². The first-order chi connectivity index (χ1) is 15.6. The van der Waals surface area contributed by atoms with E-state index in [0.29, 0.717) is 12.5 Å². The molecule has 0 spiro atoms. The number of likely N-dealkylation sites (N-methyl/N-ethyl adjacent to an activating group) is 1. The second-order valence-electron chi connectivity index (χ2n) is 11.0. The van der Waals surface area contributed by atoms with Gasteiger partial charge in [-0.3, -0.25) is 4.98 Å². The van der Waals surface area contributed by atoms with Gasteiger partial charge in [-0.2, -0.15) is 0 Å². The number of ether oxygens (including phenoxy) is 1. The van der Waals surface area contributed by atoms with E-state index in [9.17, 15) is 5.11 Å². The molecule has 2 aliphatic carbocycles. The highest BCUT2D eigenvalue weighted by Crippen LogP contribution is 2.63. The van der Waals surface area contributed by atoms with Gasteiger partial charge in [0, 0.05) is 60.3 Å². The fourth-order valence-electron chi connectivity index (χ4n) is 7.10. The summed E-state index contributed by atoms with van der Waals surface area (Å²) in [6.45, 7) is 15.8. The Kier molecular flexibility index (Phi) is 4.94. The summed E-state index contributed by atoms with van der Waals surface area (Å²) in [7, 11) is 3.85. The Bertz CT molecular complexity index is 1220. The van der Waals surface area contributed by atoms with E-state index in [-0.39, 0.29) is 23.3 Å². The first kappa shape index (κ1) is 22.4. The number of hydrogen-bond donors (Lipinski definition) is 1. The van der Waals surface area contributed by atoms with E-state index in [1.165, 1.54) is 33.5 Å². The minimum atomic E-state index is -0.975. The predicted molar refractivity (Wildman–Crippen MR) is 135 cm³/mol. The standard InChI is InChI=1S/C29H36N2O2/c1-9-20-27-23(29(20,32)15-33-8)19-14-18-11-10-12-30-25(18)24-22(19)26(31(27)7)17(4)21(13-16(2)3)28(24,5)6/h9-14,16,20,23,27,32H,1,15H2,2-8H3/b21-13+. The number of nitrogens with zero attached hydrogens (tertiary/aromatic N) is 2. The van der Waals surface area contributed by atoms with E-state index in [1.54, 1.807) is 7.11 Å². The largest absolute Gasteiger partial charge is 0.386 e. The zero-order valence-corrected chi connectivity index (χ0v) is 20.9. The number of allylic oxidation sites excluding steroid dienone is 3. The van der Waals surface area contributed by atoms with Crippen LogP contribution in [-0.4, -0.2) is 47.4 Å². The Hall–Kier alpha value is -2.43. The topological polar surface area (TPSA) is 45.6 Å². The van der Waals surface area contributed by atoms with Crippen LogP contribution in [0.5, 0.6) is 0 Å². The smallest absolute Gasteiger partial charge is 0.105 e. The molecule has 2 aromatic rings. The van der Waals surface area contributed by atoms with Gasteiger partial charge in [0.2, 0.25) is 0 Å². The highest BCUT2D eigenvalue weighted by atomic mass is 16.5. The maximum absolute atomic E-state index is 11.9. The summed E-state index contributed by atoms with van der Waals surface area (Å²) < 4.78 is 5.54. The average Bonchev–Trinajstić information content (AvgIpc) is 2.74. The number of benzene rings is 1. The summed E-state index contributed by atoms with van der Waals surface area (Å²) in [6, 6.07) is 6.57. The van der Waals surface area contributed by atoms with E-state index in [2.05, 4.69) is 71.4 Å². The Morgan fingerprint density at radius 2 is 2.06 bits per heavy atom. The van der Waals surface area contributed by atoms with Crippen molar-refractivity contribution in [3.8, 4) is 0 Å². The van der Waals surface area contributed by atoms with Gasteiger partial charge in [-0.05, 0) is 47.2 Å². The summed E-state index contributed by atoms with van der Waals surface area (Å²) in [6.07, 6.45) is 6.23. The molecule has 1 N–H and O–H groups in total. The number of aliphatic hydroxyl groups is 1. The summed E-state index contributed by atoms with van der Waals surface area (Å²) >= 11 is 0. The Balaban J connectivity index is 1.92. The maximum atomic E-state index is 11.9. The molecular formula is C29H36N2O2. The molecule has 0 amide bonds. The normalized spacial score (nSPS) is 31.0. The van der Waals surface area contributed by atoms with E-state index in [1.807, 2.05) is 18.3 Å². The van der Waals surface area contributed by atoms with Crippen molar-refractivity contribution in [3.63, 3.8) is 0 Å². The van der Waals surface area contributed by atoms with Gasteiger partial charge in [0.05, 0.1) is 12.1 Å². The van der Waals surface area contributed by atoms with Crippen molar-refractivity contribution in [3.05, 3.63) is 71.0 Å². The average molecular weight is 445 g/mol. The third-order valence-electron chi connectivity index (χ3n) is 8.31. The molecule has 4 unspecified atom stereocenters. The molecule has 5 rings (SSSR count). The number of fused-ring (bicyclic) bond motifs is 4. The molecule has 1 aromatic carbocycles. The number of pyridine rings is 1. The SMILES string of the molecule is C=CC1C2C(c3cc4cccnc4c4c3C(=C(C)/C(=C\C(C)C)C4(C)C)N2C)C1(O)COC. The molecule has 174 valence electrons. The predicted octanol–water partition coefficient (Wildman–Crippen LogP) is 5.43. The number of methoxy groups -OCH3 is 1. The molecule has 1 aromatic heterocycles. The monoisotopic (exact) mass is 444 g/mol. The molecule has 4 heteroatoms. The molecule has 2 heterocycles. The molecule has 0 saturated heterocycles. The van der Waals surface area contributed by atoms with Crippen molar-refractivity contribution in [1.29, 1.82) is 0 Å². The summed E-state index contributed by atoms with van der Waals surface area (Å²) in [5.74, 6) is 0.324. The van der Waals surface area contributed by atoms with Crippen LogP contribution in [0, 0.1) is 11.8 Å². The molecule has 1 fully saturated rings. The second-order valence-corrected chi connectivity index (χ2v) is 11.0.